The molecule has 0 aromatic rings. The maximum absolute atomic E-state index is 3.48. The van der Waals surface area contributed by atoms with Crippen molar-refractivity contribution in [1.82, 2.24) is 5.32 Å². The third-order valence-corrected chi connectivity index (χ3v) is 2.93. The second-order valence-corrected chi connectivity index (χ2v) is 4.58. The number of hydrogen-bond donors (Lipinski definition) is 1. The molecule has 0 aromatic heterocycles. The Kier molecular flexibility index (Phi) is 14.4. The summed E-state index contributed by atoms with van der Waals surface area (Å²) in [6, 6.07) is 0. The molecule has 0 heterocycles. The Bertz CT molecular complexity index is 140. The molecule has 16 heavy (non-hydrogen) atoms. The number of nitrogens with one attached hydrogen (secondary N) is 1. The Labute approximate surface area is 103 Å². The third kappa shape index (κ3) is 13.7. The Morgan fingerprint density at radius 3 is 2.06 bits per heavy atom. The minimum absolute atomic E-state index is 1.14. The van der Waals surface area contributed by atoms with Crippen LogP contribution in [0.15, 0.2) is 12.2 Å². The molecule has 0 radical (unpaired) electrons. The summed E-state index contributed by atoms with van der Waals surface area (Å²) in [4.78, 5) is 0. The minimum Gasteiger partial charge on any atom is -0.316 e. The van der Waals surface area contributed by atoms with Crippen LogP contribution in [0.5, 0.6) is 0 Å². The summed E-state index contributed by atoms with van der Waals surface area (Å²) in [5.74, 6) is 0. The fourth-order valence-electron chi connectivity index (χ4n) is 1.86. The predicted octanol–water partition coefficient (Wildman–Crippen LogP) is 4.68. The Morgan fingerprint density at radius 1 is 0.812 bits per heavy atom. The molecule has 96 valence electrons. The van der Waals surface area contributed by atoms with Crippen LogP contribution >= 0.6 is 0 Å². The fraction of sp³-hybridized carbons (Fsp3) is 0.867. The van der Waals surface area contributed by atoms with Gasteiger partial charge in [0.05, 0.1) is 0 Å². The SMILES string of the molecule is C/C=C/CCNCCCCCCCCCC. The largest absolute Gasteiger partial charge is 0.316 e. The third-order valence-electron chi connectivity index (χ3n) is 2.93. The van der Waals surface area contributed by atoms with Gasteiger partial charge in [-0.15, -0.1) is 0 Å². The highest BCUT2D eigenvalue weighted by atomic mass is 14.8. The van der Waals surface area contributed by atoms with Crippen molar-refractivity contribution in [1.29, 1.82) is 0 Å². The maximum Gasteiger partial charge on any atom is -0.00143 e. The number of rotatable bonds is 12. The molecule has 1 N–H and O–H groups in total. The molecular weight excluding hydrogens is 194 g/mol. The van der Waals surface area contributed by atoms with E-state index in [9.17, 15) is 0 Å². The van der Waals surface area contributed by atoms with Gasteiger partial charge in [-0.1, -0.05) is 64.0 Å². The summed E-state index contributed by atoms with van der Waals surface area (Å²) >= 11 is 0. The van der Waals surface area contributed by atoms with E-state index >= 15 is 0 Å². The molecule has 1 heteroatoms. The summed E-state index contributed by atoms with van der Waals surface area (Å²) in [6.45, 7) is 6.70. The lowest BCUT2D eigenvalue weighted by Gasteiger charge is -2.03. The summed E-state index contributed by atoms with van der Waals surface area (Å²) in [5, 5.41) is 3.48. The second-order valence-electron chi connectivity index (χ2n) is 4.58. The minimum atomic E-state index is 1.14. The monoisotopic (exact) mass is 225 g/mol. The normalized spacial score (nSPS) is 11.4. The average Bonchev–Trinajstić information content (AvgIpc) is 2.31. The summed E-state index contributed by atoms with van der Waals surface area (Å²) < 4.78 is 0. The van der Waals surface area contributed by atoms with Crippen molar-refractivity contribution >= 4 is 0 Å². The molecule has 0 aromatic carbocycles. The standard InChI is InChI=1S/C15H31N/c1-3-5-7-8-9-10-11-13-15-16-14-12-6-4-2/h4,6,16H,3,5,7-15H2,1-2H3/b6-4+. The molecule has 0 bridgehead atoms. The van der Waals surface area contributed by atoms with E-state index in [0.29, 0.717) is 0 Å². The van der Waals surface area contributed by atoms with Crippen LogP contribution < -0.4 is 5.32 Å². The Morgan fingerprint density at radius 2 is 1.44 bits per heavy atom. The highest BCUT2D eigenvalue weighted by molar-refractivity contribution is 4.77. The molecule has 0 spiro atoms. The van der Waals surface area contributed by atoms with E-state index in [4.69, 9.17) is 0 Å². The van der Waals surface area contributed by atoms with Crippen LogP contribution in [0, 0.1) is 0 Å². The van der Waals surface area contributed by atoms with Crippen molar-refractivity contribution in [2.45, 2.75) is 71.6 Å². The van der Waals surface area contributed by atoms with Gasteiger partial charge in [0.2, 0.25) is 0 Å². The molecule has 0 atom stereocenters. The molecule has 0 amide bonds. The predicted molar refractivity (Wildman–Crippen MR) is 74.9 cm³/mol. The summed E-state index contributed by atoms with van der Waals surface area (Å²) in [5.41, 5.74) is 0. The van der Waals surface area contributed by atoms with Crippen LogP contribution in [0.4, 0.5) is 0 Å². The smallest absolute Gasteiger partial charge is 0.00143 e. The van der Waals surface area contributed by atoms with Gasteiger partial charge in [0, 0.05) is 0 Å². The first kappa shape index (κ1) is 15.7. The lowest BCUT2D eigenvalue weighted by molar-refractivity contribution is 0.556. The fourth-order valence-corrected chi connectivity index (χ4v) is 1.86. The van der Waals surface area contributed by atoms with Gasteiger partial charge in [-0.2, -0.15) is 0 Å². The molecule has 0 rings (SSSR count). The van der Waals surface area contributed by atoms with Crippen molar-refractivity contribution in [3.8, 4) is 0 Å². The first-order chi connectivity index (χ1) is 7.91. The second kappa shape index (κ2) is 14.7. The van der Waals surface area contributed by atoms with E-state index in [1.54, 1.807) is 0 Å². The van der Waals surface area contributed by atoms with Crippen LogP contribution in [0.25, 0.3) is 0 Å². The van der Waals surface area contributed by atoms with Crippen molar-refractivity contribution < 1.29 is 0 Å². The van der Waals surface area contributed by atoms with E-state index in [1.807, 2.05) is 0 Å². The van der Waals surface area contributed by atoms with Crippen molar-refractivity contribution in [3.05, 3.63) is 12.2 Å². The zero-order valence-electron chi connectivity index (χ0n) is 11.4. The first-order valence-electron chi connectivity index (χ1n) is 7.23. The van der Waals surface area contributed by atoms with Crippen LogP contribution in [0.2, 0.25) is 0 Å². The quantitative estimate of drug-likeness (QED) is 0.375. The molecule has 0 fully saturated rings. The van der Waals surface area contributed by atoms with E-state index in [1.165, 1.54) is 64.3 Å². The highest BCUT2D eigenvalue weighted by Gasteiger charge is 1.91. The van der Waals surface area contributed by atoms with Crippen LogP contribution in [-0.4, -0.2) is 13.1 Å². The Balaban J connectivity index is 2.88. The zero-order valence-corrected chi connectivity index (χ0v) is 11.4. The van der Waals surface area contributed by atoms with E-state index < -0.39 is 0 Å². The van der Waals surface area contributed by atoms with E-state index in [0.717, 1.165) is 6.54 Å². The molecule has 0 aliphatic carbocycles. The summed E-state index contributed by atoms with van der Waals surface area (Å²) in [6.07, 6.45) is 16.8. The number of hydrogen-bond acceptors (Lipinski definition) is 1. The lowest BCUT2D eigenvalue weighted by Crippen LogP contribution is -2.15. The summed E-state index contributed by atoms with van der Waals surface area (Å²) in [7, 11) is 0. The van der Waals surface area contributed by atoms with Gasteiger partial charge in [-0.3, -0.25) is 0 Å². The highest BCUT2D eigenvalue weighted by Crippen LogP contribution is 2.07. The van der Waals surface area contributed by atoms with Crippen LogP contribution in [0.1, 0.15) is 71.6 Å². The average molecular weight is 225 g/mol. The first-order valence-corrected chi connectivity index (χ1v) is 7.23. The van der Waals surface area contributed by atoms with E-state index in [-0.39, 0.29) is 0 Å². The molecule has 0 aliphatic rings. The van der Waals surface area contributed by atoms with Gasteiger partial charge in [-0.25, -0.2) is 0 Å². The molecule has 0 unspecified atom stereocenters. The van der Waals surface area contributed by atoms with Gasteiger partial charge >= 0.3 is 0 Å². The molecule has 0 saturated heterocycles. The van der Waals surface area contributed by atoms with Gasteiger partial charge in [0.15, 0.2) is 0 Å². The van der Waals surface area contributed by atoms with Crippen LogP contribution in [0.3, 0.4) is 0 Å². The molecule has 0 saturated carbocycles. The molecule has 0 aliphatic heterocycles. The maximum atomic E-state index is 3.48. The van der Waals surface area contributed by atoms with Gasteiger partial charge in [0.1, 0.15) is 0 Å². The van der Waals surface area contributed by atoms with Crippen molar-refractivity contribution in [2.24, 2.45) is 0 Å². The van der Waals surface area contributed by atoms with Gasteiger partial charge in [-0.05, 0) is 32.9 Å². The number of allylic oxidation sites excluding steroid dienone is 1. The van der Waals surface area contributed by atoms with Gasteiger partial charge in [0.25, 0.3) is 0 Å². The van der Waals surface area contributed by atoms with Crippen LogP contribution in [-0.2, 0) is 0 Å². The van der Waals surface area contributed by atoms with Gasteiger partial charge < -0.3 is 5.32 Å². The number of unbranched alkanes of at least 4 members (excludes halogenated alkanes) is 7. The molecular formula is C15H31N. The van der Waals surface area contributed by atoms with E-state index in [2.05, 4.69) is 31.3 Å². The van der Waals surface area contributed by atoms with Crippen molar-refractivity contribution in [2.75, 3.05) is 13.1 Å². The molecule has 1 nitrogen and oxygen atoms in total. The lowest BCUT2D eigenvalue weighted by atomic mass is 10.1. The Hall–Kier alpha value is -0.300. The van der Waals surface area contributed by atoms with Crippen molar-refractivity contribution in [3.63, 3.8) is 0 Å². The topological polar surface area (TPSA) is 12.0 Å². The zero-order chi connectivity index (χ0) is 11.9.